The van der Waals surface area contributed by atoms with Crippen LogP contribution in [0.15, 0.2) is 52.0 Å². The zero-order chi connectivity index (χ0) is 15.9. The van der Waals surface area contributed by atoms with Gasteiger partial charge in [-0.2, -0.15) is 5.10 Å². The number of phenols is 1. The first-order valence-electron chi connectivity index (χ1n) is 6.23. The summed E-state index contributed by atoms with van der Waals surface area (Å²) >= 11 is 3.27. The van der Waals surface area contributed by atoms with E-state index in [1.807, 2.05) is 0 Å². The number of ether oxygens (including phenoxy) is 1. The summed E-state index contributed by atoms with van der Waals surface area (Å²) in [5.41, 5.74) is 2.72. The number of carbonyl (C=O) groups is 1. The Kier molecular flexibility index (Phi) is 5.48. The minimum atomic E-state index is -0.477. The number of rotatable bonds is 5. The van der Waals surface area contributed by atoms with Gasteiger partial charge in [0.05, 0.1) is 6.21 Å². The SMILES string of the molecule is O=C(COc1ccc(F)cc1)N/N=C\c1cc(Br)ccc1O. The second-order valence-corrected chi connectivity index (χ2v) is 5.15. The molecule has 0 spiro atoms. The van der Waals surface area contributed by atoms with Crippen LogP contribution < -0.4 is 10.2 Å². The van der Waals surface area contributed by atoms with Gasteiger partial charge in [0.1, 0.15) is 17.3 Å². The zero-order valence-corrected chi connectivity index (χ0v) is 12.9. The van der Waals surface area contributed by atoms with Gasteiger partial charge < -0.3 is 9.84 Å². The Bertz CT molecular complexity index is 690. The molecular weight excluding hydrogens is 355 g/mol. The van der Waals surface area contributed by atoms with Gasteiger partial charge in [0.15, 0.2) is 6.61 Å². The van der Waals surface area contributed by atoms with Crippen LogP contribution in [-0.2, 0) is 4.79 Å². The molecule has 2 aromatic carbocycles. The Morgan fingerprint density at radius 2 is 2.05 bits per heavy atom. The minimum absolute atomic E-state index is 0.0451. The van der Waals surface area contributed by atoms with E-state index in [4.69, 9.17) is 4.74 Å². The molecule has 0 saturated heterocycles. The highest BCUT2D eigenvalue weighted by Gasteiger charge is 2.02. The number of phenolic OH excluding ortho intramolecular Hbond substituents is 1. The molecule has 0 saturated carbocycles. The average molecular weight is 367 g/mol. The van der Waals surface area contributed by atoms with E-state index < -0.39 is 5.91 Å². The maximum Gasteiger partial charge on any atom is 0.277 e. The van der Waals surface area contributed by atoms with E-state index >= 15 is 0 Å². The fraction of sp³-hybridized carbons (Fsp3) is 0.0667. The number of nitrogens with one attached hydrogen (secondary N) is 1. The number of hydrogen-bond acceptors (Lipinski definition) is 4. The van der Waals surface area contributed by atoms with Crippen LogP contribution in [0.5, 0.6) is 11.5 Å². The molecule has 114 valence electrons. The lowest BCUT2D eigenvalue weighted by Crippen LogP contribution is -2.24. The Balaban J connectivity index is 1.83. The Hall–Kier alpha value is -2.41. The molecule has 0 aliphatic rings. The normalized spacial score (nSPS) is 10.6. The minimum Gasteiger partial charge on any atom is -0.507 e. The molecular formula is C15H12BrFN2O3. The topological polar surface area (TPSA) is 70.9 Å². The van der Waals surface area contributed by atoms with Gasteiger partial charge in [-0.25, -0.2) is 9.82 Å². The summed E-state index contributed by atoms with van der Waals surface area (Å²) in [6.45, 7) is -0.257. The molecule has 0 aromatic heterocycles. The van der Waals surface area contributed by atoms with E-state index in [-0.39, 0.29) is 18.2 Å². The van der Waals surface area contributed by atoms with Crippen LogP contribution in [0.1, 0.15) is 5.56 Å². The molecule has 0 unspecified atom stereocenters. The first-order valence-corrected chi connectivity index (χ1v) is 7.02. The number of aromatic hydroxyl groups is 1. The molecule has 2 aromatic rings. The number of amides is 1. The van der Waals surface area contributed by atoms with Gasteiger partial charge in [-0.3, -0.25) is 4.79 Å². The van der Waals surface area contributed by atoms with Crippen LogP contribution in [0.25, 0.3) is 0 Å². The van der Waals surface area contributed by atoms with E-state index in [1.54, 1.807) is 12.1 Å². The number of carbonyl (C=O) groups excluding carboxylic acids is 1. The van der Waals surface area contributed by atoms with Gasteiger partial charge in [0.25, 0.3) is 5.91 Å². The standard InChI is InChI=1S/C15H12BrFN2O3/c16-11-1-6-14(20)10(7-11)8-18-19-15(21)9-22-13-4-2-12(17)3-5-13/h1-8,20H,9H2,(H,19,21)/b18-8-. The monoisotopic (exact) mass is 366 g/mol. The molecule has 0 aliphatic heterocycles. The van der Waals surface area contributed by atoms with Crippen LogP contribution in [0.2, 0.25) is 0 Å². The fourth-order valence-electron chi connectivity index (χ4n) is 1.51. The van der Waals surface area contributed by atoms with Gasteiger partial charge in [-0.1, -0.05) is 15.9 Å². The molecule has 0 fully saturated rings. The number of hydrazone groups is 1. The summed E-state index contributed by atoms with van der Waals surface area (Å²) in [5.74, 6) is -0.431. The highest BCUT2D eigenvalue weighted by Crippen LogP contribution is 2.19. The van der Waals surface area contributed by atoms with Crippen molar-refractivity contribution in [2.45, 2.75) is 0 Å². The van der Waals surface area contributed by atoms with E-state index in [1.165, 1.54) is 36.5 Å². The molecule has 2 N–H and O–H groups in total. The maximum absolute atomic E-state index is 12.7. The number of nitrogens with zero attached hydrogens (tertiary/aromatic N) is 1. The van der Waals surface area contributed by atoms with Gasteiger partial charge in [0.2, 0.25) is 0 Å². The van der Waals surface area contributed by atoms with E-state index in [0.717, 1.165) is 4.47 Å². The van der Waals surface area contributed by atoms with Crippen molar-refractivity contribution in [1.29, 1.82) is 0 Å². The molecule has 0 atom stereocenters. The van der Waals surface area contributed by atoms with Crippen molar-refractivity contribution in [3.05, 3.63) is 58.3 Å². The smallest absolute Gasteiger partial charge is 0.277 e. The van der Waals surface area contributed by atoms with E-state index in [0.29, 0.717) is 11.3 Å². The highest BCUT2D eigenvalue weighted by molar-refractivity contribution is 9.10. The van der Waals surface area contributed by atoms with Gasteiger partial charge in [-0.05, 0) is 42.5 Å². The van der Waals surface area contributed by atoms with Gasteiger partial charge in [-0.15, -0.1) is 0 Å². The summed E-state index contributed by atoms with van der Waals surface area (Å²) in [4.78, 5) is 11.5. The third-order valence-electron chi connectivity index (χ3n) is 2.57. The van der Waals surface area contributed by atoms with Crippen LogP contribution in [-0.4, -0.2) is 23.8 Å². The highest BCUT2D eigenvalue weighted by atomic mass is 79.9. The lowest BCUT2D eigenvalue weighted by Gasteiger charge is -2.04. The first-order chi connectivity index (χ1) is 10.5. The Labute approximate surface area is 134 Å². The second kappa shape index (κ2) is 7.56. The molecule has 0 aliphatic carbocycles. The quantitative estimate of drug-likeness (QED) is 0.631. The lowest BCUT2D eigenvalue weighted by molar-refractivity contribution is -0.123. The molecule has 0 bridgehead atoms. The fourth-order valence-corrected chi connectivity index (χ4v) is 1.89. The number of hydrogen-bond donors (Lipinski definition) is 2. The van der Waals surface area contributed by atoms with Gasteiger partial charge in [0, 0.05) is 10.0 Å². The van der Waals surface area contributed by atoms with Crippen molar-refractivity contribution in [2.24, 2.45) is 5.10 Å². The summed E-state index contributed by atoms with van der Waals surface area (Å²) < 4.78 is 18.6. The first kappa shape index (κ1) is 16.0. The van der Waals surface area contributed by atoms with Crippen LogP contribution in [0.4, 0.5) is 4.39 Å². The van der Waals surface area contributed by atoms with Crippen molar-refractivity contribution >= 4 is 28.1 Å². The summed E-state index contributed by atoms with van der Waals surface area (Å²) in [6.07, 6.45) is 1.32. The zero-order valence-electron chi connectivity index (χ0n) is 11.3. The lowest BCUT2D eigenvalue weighted by atomic mass is 10.2. The molecule has 7 heteroatoms. The summed E-state index contributed by atoms with van der Waals surface area (Å²) in [7, 11) is 0. The molecule has 22 heavy (non-hydrogen) atoms. The predicted octanol–water partition coefficient (Wildman–Crippen LogP) is 2.82. The summed E-state index contributed by atoms with van der Waals surface area (Å²) in [5, 5.41) is 13.3. The Morgan fingerprint density at radius 3 is 2.77 bits per heavy atom. The summed E-state index contributed by atoms with van der Waals surface area (Å²) in [6, 6.07) is 10.2. The van der Waals surface area contributed by atoms with Crippen LogP contribution in [0.3, 0.4) is 0 Å². The average Bonchev–Trinajstić information content (AvgIpc) is 2.50. The molecule has 0 radical (unpaired) electrons. The third kappa shape index (κ3) is 4.85. The van der Waals surface area contributed by atoms with Crippen molar-refractivity contribution in [3.63, 3.8) is 0 Å². The van der Waals surface area contributed by atoms with Crippen LogP contribution >= 0.6 is 15.9 Å². The van der Waals surface area contributed by atoms with Crippen molar-refractivity contribution in [1.82, 2.24) is 5.43 Å². The van der Waals surface area contributed by atoms with Crippen molar-refractivity contribution in [2.75, 3.05) is 6.61 Å². The number of benzene rings is 2. The Morgan fingerprint density at radius 1 is 1.32 bits per heavy atom. The van der Waals surface area contributed by atoms with Crippen molar-refractivity contribution in [3.8, 4) is 11.5 Å². The largest absolute Gasteiger partial charge is 0.507 e. The third-order valence-corrected chi connectivity index (χ3v) is 3.06. The number of halogens is 2. The van der Waals surface area contributed by atoms with Crippen LogP contribution in [0, 0.1) is 5.82 Å². The maximum atomic E-state index is 12.7. The molecule has 0 heterocycles. The molecule has 5 nitrogen and oxygen atoms in total. The van der Waals surface area contributed by atoms with E-state index in [9.17, 15) is 14.3 Å². The predicted molar refractivity (Wildman–Crippen MR) is 83.4 cm³/mol. The van der Waals surface area contributed by atoms with E-state index in [2.05, 4.69) is 26.5 Å². The second-order valence-electron chi connectivity index (χ2n) is 4.24. The molecule has 1 amide bonds. The van der Waals surface area contributed by atoms with Gasteiger partial charge >= 0.3 is 0 Å². The van der Waals surface area contributed by atoms with Crippen molar-refractivity contribution < 1.29 is 19.0 Å². The molecule has 2 rings (SSSR count).